The number of pyridine rings is 1. The Kier molecular flexibility index (Phi) is 3.41. The Bertz CT molecular complexity index is 631. The molecule has 0 radical (unpaired) electrons. The van der Waals surface area contributed by atoms with E-state index in [1.807, 2.05) is 0 Å². The lowest BCUT2D eigenvalue weighted by Crippen LogP contribution is -2.22. The standard InChI is InChI=1S/C13H14N4O2/c1-9(18)10-4-6-14-12(8-10)17-7-5-11(15-17)13(19)16(2)3/h4-8H,1-3H3. The summed E-state index contributed by atoms with van der Waals surface area (Å²) in [5.41, 5.74) is 0.890. The molecule has 2 aromatic heterocycles. The van der Waals surface area contributed by atoms with Crippen molar-refractivity contribution in [3.8, 4) is 5.82 Å². The molecule has 0 aliphatic rings. The van der Waals surface area contributed by atoms with Crippen LogP contribution in [-0.4, -0.2) is 45.5 Å². The molecule has 0 atom stereocenters. The molecular weight excluding hydrogens is 244 g/mol. The molecule has 0 aromatic carbocycles. The zero-order valence-electron chi connectivity index (χ0n) is 11.0. The molecule has 2 heterocycles. The van der Waals surface area contributed by atoms with Crippen molar-refractivity contribution in [1.29, 1.82) is 0 Å². The highest BCUT2D eigenvalue weighted by Gasteiger charge is 2.12. The van der Waals surface area contributed by atoms with Gasteiger partial charge in [0.2, 0.25) is 0 Å². The van der Waals surface area contributed by atoms with Gasteiger partial charge in [-0.25, -0.2) is 9.67 Å². The smallest absolute Gasteiger partial charge is 0.273 e. The number of rotatable bonds is 3. The molecule has 2 rings (SSSR count). The van der Waals surface area contributed by atoms with Gasteiger partial charge in [0.05, 0.1) is 0 Å². The molecule has 19 heavy (non-hydrogen) atoms. The van der Waals surface area contributed by atoms with Crippen LogP contribution in [-0.2, 0) is 0 Å². The van der Waals surface area contributed by atoms with E-state index in [1.54, 1.807) is 44.7 Å². The second-order valence-corrected chi connectivity index (χ2v) is 4.30. The maximum absolute atomic E-state index is 11.7. The van der Waals surface area contributed by atoms with E-state index in [-0.39, 0.29) is 11.7 Å². The number of hydrogen-bond donors (Lipinski definition) is 0. The average Bonchev–Trinajstić information content (AvgIpc) is 2.87. The molecule has 0 aliphatic heterocycles. The topological polar surface area (TPSA) is 68.1 Å². The van der Waals surface area contributed by atoms with Crippen LogP contribution in [0.25, 0.3) is 5.82 Å². The lowest BCUT2D eigenvalue weighted by atomic mass is 10.2. The normalized spacial score (nSPS) is 10.3. The molecule has 6 nitrogen and oxygen atoms in total. The van der Waals surface area contributed by atoms with E-state index in [2.05, 4.69) is 10.1 Å². The van der Waals surface area contributed by atoms with E-state index in [4.69, 9.17) is 0 Å². The fourth-order valence-corrected chi connectivity index (χ4v) is 1.56. The molecule has 1 amide bonds. The van der Waals surface area contributed by atoms with E-state index in [9.17, 15) is 9.59 Å². The first-order valence-corrected chi connectivity index (χ1v) is 5.73. The van der Waals surface area contributed by atoms with Gasteiger partial charge >= 0.3 is 0 Å². The molecule has 0 spiro atoms. The highest BCUT2D eigenvalue weighted by atomic mass is 16.2. The number of ketones is 1. The number of hydrogen-bond acceptors (Lipinski definition) is 4. The van der Waals surface area contributed by atoms with Crippen LogP contribution in [0.1, 0.15) is 27.8 Å². The van der Waals surface area contributed by atoms with E-state index >= 15 is 0 Å². The lowest BCUT2D eigenvalue weighted by Gasteiger charge is -2.07. The van der Waals surface area contributed by atoms with Crippen molar-refractivity contribution in [2.24, 2.45) is 0 Å². The first-order valence-electron chi connectivity index (χ1n) is 5.73. The van der Waals surface area contributed by atoms with Crippen molar-refractivity contribution < 1.29 is 9.59 Å². The molecule has 0 fully saturated rings. The minimum Gasteiger partial charge on any atom is -0.343 e. The van der Waals surface area contributed by atoms with Gasteiger partial charge in [-0.2, -0.15) is 5.10 Å². The maximum atomic E-state index is 11.7. The Morgan fingerprint density at radius 3 is 2.63 bits per heavy atom. The monoisotopic (exact) mass is 258 g/mol. The van der Waals surface area contributed by atoms with Crippen LogP contribution in [0.3, 0.4) is 0 Å². The molecule has 98 valence electrons. The Morgan fingerprint density at radius 2 is 2.00 bits per heavy atom. The summed E-state index contributed by atoms with van der Waals surface area (Å²) in [6.07, 6.45) is 3.18. The minimum atomic E-state index is -0.179. The fourth-order valence-electron chi connectivity index (χ4n) is 1.56. The molecule has 0 saturated heterocycles. The molecule has 0 unspecified atom stereocenters. The first kappa shape index (κ1) is 12.9. The van der Waals surface area contributed by atoms with Crippen molar-refractivity contribution in [1.82, 2.24) is 19.7 Å². The predicted octanol–water partition coefficient (Wildman–Crippen LogP) is 1.17. The molecule has 6 heteroatoms. The second-order valence-electron chi connectivity index (χ2n) is 4.30. The maximum Gasteiger partial charge on any atom is 0.273 e. The highest BCUT2D eigenvalue weighted by molar-refractivity contribution is 5.94. The second kappa shape index (κ2) is 5.01. The van der Waals surface area contributed by atoms with Crippen molar-refractivity contribution in [3.05, 3.63) is 41.9 Å². The summed E-state index contributed by atoms with van der Waals surface area (Å²) >= 11 is 0. The molecule has 0 N–H and O–H groups in total. The van der Waals surface area contributed by atoms with E-state index in [1.165, 1.54) is 16.5 Å². The zero-order valence-corrected chi connectivity index (χ0v) is 11.0. The Morgan fingerprint density at radius 1 is 1.26 bits per heavy atom. The summed E-state index contributed by atoms with van der Waals surface area (Å²) in [5, 5.41) is 4.15. The summed E-state index contributed by atoms with van der Waals surface area (Å²) in [4.78, 5) is 28.6. The average molecular weight is 258 g/mol. The fraction of sp³-hybridized carbons (Fsp3) is 0.231. The van der Waals surface area contributed by atoms with Crippen molar-refractivity contribution >= 4 is 11.7 Å². The van der Waals surface area contributed by atoms with Crippen LogP contribution >= 0.6 is 0 Å². The number of carbonyl (C=O) groups excluding carboxylic acids is 2. The van der Waals surface area contributed by atoms with Gasteiger partial charge in [-0.15, -0.1) is 0 Å². The summed E-state index contributed by atoms with van der Waals surface area (Å²) in [6, 6.07) is 4.89. The van der Waals surface area contributed by atoms with Crippen molar-refractivity contribution in [2.75, 3.05) is 14.1 Å². The van der Waals surface area contributed by atoms with E-state index in [0.717, 1.165) is 0 Å². The molecule has 2 aromatic rings. The Hall–Kier alpha value is -2.50. The van der Waals surface area contributed by atoms with Crippen LogP contribution in [0.5, 0.6) is 0 Å². The summed E-state index contributed by atoms with van der Waals surface area (Å²) < 4.78 is 1.48. The Balaban J connectivity index is 2.35. The number of nitrogens with zero attached hydrogens (tertiary/aromatic N) is 4. The van der Waals surface area contributed by atoms with Gasteiger partial charge < -0.3 is 4.90 Å². The molecule has 0 bridgehead atoms. The molecular formula is C13H14N4O2. The third kappa shape index (κ3) is 2.67. The third-order valence-electron chi connectivity index (χ3n) is 2.60. The summed E-state index contributed by atoms with van der Waals surface area (Å²) in [7, 11) is 3.33. The van der Waals surface area contributed by atoms with Crippen molar-refractivity contribution in [3.63, 3.8) is 0 Å². The van der Waals surface area contributed by atoms with Gasteiger partial charge in [-0.1, -0.05) is 0 Å². The van der Waals surface area contributed by atoms with E-state index < -0.39 is 0 Å². The van der Waals surface area contributed by atoms with Gasteiger partial charge in [0.1, 0.15) is 0 Å². The van der Waals surface area contributed by atoms with Gasteiger partial charge in [0.15, 0.2) is 17.3 Å². The quantitative estimate of drug-likeness (QED) is 0.775. The van der Waals surface area contributed by atoms with Crippen molar-refractivity contribution in [2.45, 2.75) is 6.92 Å². The largest absolute Gasteiger partial charge is 0.343 e. The van der Waals surface area contributed by atoms with Gasteiger partial charge in [0, 0.05) is 32.1 Å². The van der Waals surface area contributed by atoms with Crippen LogP contribution in [0.4, 0.5) is 0 Å². The number of aromatic nitrogens is 3. The SMILES string of the molecule is CC(=O)c1ccnc(-n2ccc(C(=O)N(C)C)n2)c1. The minimum absolute atomic E-state index is 0.0413. The Labute approximate surface area is 110 Å². The predicted molar refractivity (Wildman–Crippen MR) is 69.4 cm³/mol. The number of Topliss-reactive ketones (excluding diaryl/α,β-unsaturated/α-hetero) is 1. The van der Waals surface area contributed by atoms with Gasteiger partial charge in [-0.05, 0) is 25.1 Å². The number of carbonyl (C=O) groups is 2. The zero-order chi connectivity index (χ0) is 14.0. The number of amides is 1. The van der Waals surface area contributed by atoms with Crippen LogP contribution in [0, 0.1) is 0 Å². The van der Waals surface area contributed by atoms with Crippen LogP contribution in [0.2, 0.25) is 0 Å². The molecule has 0 aliphatic carbocycles. The van der Waals surface area contributed by atoms with E-state index in [0.29, 0.717) is 17.1 Å². The third-order valence-corrected chi connectivity index (χ3v) is 2.60. The van der Waals surface area contributed by atoms with Gasteiger partial charge in [-0.3, -0.25) is 9.59 Å². The lowest BCUT2D eigenvalue weighted by molar-refractivity contribution is 0.0821. The molecule has 0 saturated carbocycles. The van der Waals surface area contributed by atoms with Crippen LogP contribution < -0.4 is 0 Å². The summed E-state index contributed by atoms with van der Waals surface area (Å²) in [6.45, 7) is 1.49. The van der Waals surface area contributed by atoms with Gasteiger partial charge in [0.25, 0.3) is 5.91 Å². The first-order chi connectivity index (χ1) is 8.99. The summed E-state index contributed by atoms with van der Waals surface area (Å²) in [5.74, 6) is 0.285. The highest BCUT2D eigenvalue weighted by Crippen LogP contribution is 2.09. The van der Waals surface area contributed by atoms with Crippen LogP contribution in [0.15, 0.2) is 30.6 Å².